The summed E-state index contributed by atoms with van der Waals surface area (Å²) < 4.78 is 24.4. The van der Waals surface area contributed by atoms with Gasteiger partial charge in [-0.15, -0.1) is 0 Å². The summed E-state index contributed by atoms with van der Waals surface area (Å²) in [5, 5.41) is 0.817. The number of halogens is 3. The highest BCUT2D eigenvalue weighted by atomic mass is 35.5. The van der Waals surface area contributed by atoms with E-state index in [0.29, 0.717) is 32.9 Å². The molecule has 1 aromatic carbocycles. The van der Waals surface area contributed by atoms with Crippen LogP contribution >= 0.6 is 23.2 Å². The fraction of sp³-hybridized carbons (Fsp3) is 0.250. The van der Waals surface area contributed by atoms with E-state index in [2.05, 4.69) is 9.97 Å². The van der Waals surface area contributed by atoms with Gasteiger partial charge in [-0.05, 0) is 37.5 Å². The summed E-state index contributed by atoms with van der Waals surface area (Å²) in [5.41, 5.74) is 6.57. The van der Waals surface area contributed by atoms with Gasteiger partial charge in [0, 0.05) is 28.1 Å². The molecule has 1 amide bonds. The molecule has 0 bridgehead atoms. The average molecular weight is 438 g/mol. The van der Waals surface area contributed by atoms with Gasteiger partial charge in [-0.2, -0.15) is 0 Å². The molecule has 0 saturated carbocycles. The zero-order valence-corrected chi connectivity index (χ0v) is 17.1. The van der Waals surface area contributed by atoms with Crippen LogP contribution < -0.4 is 10.5 Å². The number of nitrogens with two attached hydrogens (primary N) is 1. The smallest absolute Gasteiger partial charge is 0.248 e. The Labute approximate surface area is 176 Å². The number of rotatable bonds is 3. The molecule has 0 radical (unpaired) electrons. The van der Waals surface area contributed by atoms with Crippen LogP contribution in [0.5, 0.6) is 5.88 Å². The van der Waals surface area contributed by atoms with E-state index in [9.17, 15) is 9.18 Å². The molecule has 2 heterocycles. The number of aromatic nitrogens is 2. The van der Waals surface area contributed by atoms with Crippen LogP contribution in [-0.4, -0.2) is 23.0 Å². The van der Waals surface area contributed by atoms with Crippen LogP contribution in [0.15, 0.2) is 34.9 Å². The van der Waals surface area contributed by atoms with Gasteiger partial charge in [0.25, 0.3) is 0 Å². The lowest BCUT2D eigenvalue weighted by atomic mass is 10.0. The summed E-state index contributed by atoms with van der Waals surface area (Å²) in [4.78, 5) is 18.8. The SMILES string of the molecule is COc1cc(-c2nc3c(o2)CCCC3)c(F)cn1.NC(=O)c1cc(Cl)cc(Cl)c1. The first kappa shape index (κ1) is 21.1. The van der Waals surface area contributed by atoms with Crippen LogP contribution in [0.2, 0.25) is 10.0 Å². The zero-order valence-electron chi connectivity index (χ0n) is 15.5. The third kappa shape index (κ3) is 5.25. The molecule has 9 heteroatoms. The van der Waals surface area contributed by atoms with E-state index >= 15 is 0 Å². The van der Waals surface area contributed by atoms with Crippen LogP contribution in [0.3, 0.4) is 0 Å². The van der Waals surface area contributed by atoms with Crippen LogP contribution in [0, 0.1) is 5.82 Å². The molecule has 0 unspecified atom stereocenters. The van der Waals surface area contributed by atoms with Gasteiger partial charge >= 0.3 is 0 Å². The highest BCUT2D eigenvalue weighted by molar-refractivity contribution is 6.35. The Morgan fingerprint density at radius 2 is 1.86 bits per heavy atom. The third-order valence-electron chi connectivity index (χ3n) is 4.26. The zero-order chi connectivity index (χ0) is 21.0. The Balaban J connectivity index is 0.000000188. The Bertz CT molecular complexity index is 996. The summed E-state index contributed by atoms with van der Waals surface area (Å²) in [7, 11) is 1.49. The van der Waals surface area contributed by atoms with Gasteiger partial charge in [-0.25, -0.2) is 14.4 Å². The maximum Gasteiger partial charge on any atom is 0.248 e. The van der Waals surface area contributed by atoms with Crippen LogP contribution in [-0.2, 0) is 12.8 Å². The summed E-state index contributed by atoms with van der Waals surface area (Å²) >= 11 is 11.2. The lowest BCUT2D eigenvalue weighted by molar-refractivity contribution is 0.100. The van der Waals surface area contributed by atoms with Crippen molar-refractivity contribution in [2.24, 2.45) is 5.73 Å². The second-order valence-electron chi connectivity index (χ2n) is 6.32. The maximum absolute atomic E-state index is 13.7. The van der Waals surface area contributed by atoms with Gasteiger partial charge in [0.05, 0.1) is 24.6 Å². The molecule has 2 N–H and O–H groups in total. The predicted molar refractivity (Wildman–Crippen MR) is 108 cm³/mol. The summed E-state index contributed by atoms with van der Waals surface area (Å²) in [6.45, 7) is 0. The van der Waals surface area contributed by atoms with E-state index in [1.54, 1.807) is 0 Å². The molecule has 0 saturated heterocycles. The number of hydrogen-bond acceptors (Lipinski definition) is 5. The van der Waals surface area contributed by atoms with Gasteiger partial charge in [-0.1, -0.05) is 23.2 Å². The number of benzene rings is 1. The first-order chi connectivity index (χ1) is 13.9. The van der Waals surface area contributed by atoms with Gasteiger partial charge in [0.1, 0.15) is 5.76 Å². The van der Waals surface area contributed by atoms with Crippen molar-refractivity contribution in [3.8, 4) is 17.3 Å². The number of carbonyl (C=O) groups is 1. The number of amides is 1. The second-order valence-corrected chi connectivity index (χ2v) is 7.20. The summed E-state index contributed by atoms with van der Waals surface area (Å²) in [6, 6.07) is 5.98. The first-order valence-corrected chi connectivity index (χ1v) is 9.57. The standard InChI is InChI=1S/C13H13FN2O2.C7H5Cl2NO/c1-17-12-6-8(9(14)7-15-12)13-16-10-4-2-3-5-11(10)18-13;8-5-1-4(7(10)11)2-6(9)3-5/h6-7H,2-5H2,1H3;1-3H,(H2,10,11). The Morgan fingerprint density at radius 1 is 1.17 bits per heavy atom. The molecule has 1 aliphatic carbocycles. The number of pyridine rings is 1. The Morgan fingerprint density at radius 3 is 2.48 bits per heavy atom. The van der Waals surface area contributed by atoms with E-state index in [0.717, 1.165) is 43.3 Å². The predicted octanol–water partition coefficient (Wildman–Crippen LogP) is 4.86. The monoisotopic (exact) mass is 437 g/mol. The quantitative estimate of drug-likeness (QED) is 0.631. The van der Waals surface area contributed by atoms with Crippen LogP contribution in [0.4, 0.5) is 4.39 Å². The van der Waals surface area contributed by atoms with Crippen molar-refractivity contribution in [2.75, 3.05) is 7.11 Å². The number of aryl methyl sites for hydroxylation is 2. The van der Waals surface area contributed by atoms with Crippen molar-refractivity contribution in [1.29, 1.82) is 0 Å². The third-order valence-corrected chi connectivity index (χ3v) is 4.70. The van der Waals surface area contributed by atoms with Gasteiger partial charge in [0.15, 0.2) is 5.82 Å². The lowest BCUT2D eigenvalue weighted by Gasteiger charge is -2.05. The lowest BCUT2D eigenvalue weighted by Crippen LogP contribution is -2.10. The van der Waals surface area contributed by atoms with Crippen molar-refractivity contribution in [1.82, 2.24) is 9.97 Å². The van der Waals surface area contributed by atoms with Crippen molar-refractivity contribution in [2.45, 2.75) is 25.7 Å². The number of primary amides is 1. The topological polar surface area (TPSA) is 91.2 Å². The summed E-state index contributed by atoms with van der Waals surface area (Å²) in [6.07, 6.45) is 5.12. The molecule has 0 aliphatic heterocycles. The highest BCUT2D eigenvalue weighted by Gasteiger charge is 2.20. The number of nitrogens with zero attached hydrogens (tertiary/aromatic N) is 2. The van der Waals surface area contributed by atoms with E-state index in [-0.39, 0.29) is 0 Å². The normalized spacial score (nSPS) is 12.6. The van der Waals surface area contributed by atoms with Crippen LogP contribution in [0.1, 0.15) is 34.7 Å². The van der Waals surface area contributed by atoms with Gasteiger partial charge in [-0.3, -0.25) is 4.79 Å². The molecule has 3 aromatic rings. The molecule has 0 spiro atoms. The maximum atomic E-state index is 13.7. The fourth-order valence-corrected chi connectivity index (χ4v) is 3.38. The number of fused-ring (bicyclic) bond motifs is 1. The minimum Gasteiger partial charge on any atom is -0.481 e. The van der Waals surface area contributed by atoms with Crippen molar-refractivity contribution in [3.63, 3.8) is 0 Å². The molecule has 6 nitrogen and oxygen atoms in total. The molecule has 4 rings (SSSR count). The highest BCUT2D eigenvalue weighted by Crippen LogP contribution is 2.30. The van der Waals surface area contributed by atoms with Gasteiger partial charge in [0.2, 0.25) is 17.7 Å². The number of oxazole rings is 1. The molecule has 0 fully saturated rings. The van der Waals surface area contributed by atoms with Crippen molar-refractivity contribution in [3.05, 3.63) is 63.3 Å². The molecular weight excluding hydrogens is 420 g/mol. The molecule has 0 atom stereocenters. The largest absolute Gasteiger partial charge is 0.481 e. The van der Waals surface area contributed by atoms with Crippen molar-refractivity contribution < 1.29 is 18.3 Å². The molecule has 29 heavy (non-hydrogen) atoms. The second kappa shape index (κ2) is 9.24. The minimum absolute atomic E-state index is 0.302. The fourth-order valence-electron chi connectivity index (χ4n) is 2.86. The molecule has 1 aliphatic rings. The Kier molecular flexibility index (Phi) is 6.71. The number of ether oxygens (including phenoxy) is 1. The molecule has 152 valence electrons. The van der Waals surface area contributed by atoms with E-state index < -0.39 is 11.7 Å². The Hall–Kier alpha value is -2.64. The number of hydrogen-bond donors (Lipinski definition) is 1. The van der Waals surface area contributed by atoms with Crippen molar-refractivity contribution >= 4 is 29.1 Å². The van der Waals surface area contributed by atoms with E-state index in [1.165, 1.54) is 31.4 Å². The molecule has 2 aromatic heterocycles. The number of carbonyl (C=O) groups excluding carboxylic acids is 1. The first-order valence-electron chi connectivity index (χ1n) is 8.81. The molecular formula is C20H18Cl2FN3O3. The van der Waals surface area contributed by atoms with Crippen LogP contribution in [0.25, 0.3) is 11.5 Å². The summed E-state index contributed by atoms with van der Waals surface area (Å²) in [5.74, 6) is 0.567. The average Bonchev–Trinajstić information content (AvgIpc) is 3.12. The van der Waals surface area contributed by atoms with Gasteiger partial charge < -0.3 is 14.9 Å². The number of methoxy groups -OCH3 is 1. The minimum atomic E-state index is -0.533. The van der Waals surface area contributed by atoms with E-state index in [4.69, 9.17) is 38.1 Å². The van der Waals surface area contributed by atoms with E-state index in [1.807, 2.05) is 0 Å².